The summed E-state index contributed by atoms with van der Waals surface area (Å²) < 4.78 is 20.9. The number of carboxylic acid groups (broad SMARTS) is 1. The average molecular weight is 469 g/mol. The molecule has 0 aromatic heterocycles. The molecule has 0 atom stereocenters. The van der Waals surface area contributed by atoms with E-state index in [-0.39, 0.29) is 24.0 Å². The molecule has 2 aliphatic heterocycles. The number of amides is 4. The molecule has 12 nitrogen and oxygen atoms in total. The fraction of sp³-hybridized carbons (Fsp3) is 0.182. The monoisotopic (exact) mass is 469 g/mol. The van der Waals surface area contributed by atoms with Gasteiger partial charge in [-0.3, -0.25) is 9.59 Å². The van der Waals surface area contributed by atoms with Gasteiger partial charge >= 0.3 is 12.0 Å². The highest BCUT2D eigenvalue weighted by Gasteiger charge is 2.35. The van der Waals surface area contributed by atoms with Crippen LogP contribution >= 0.6 is 0 Å². The Morgan fingerprint density at radius 3 is 2.76 bits per heavy atom. The second-order valence-corrected chi connectivity index (χ2v) is 7.06. The van der Waals surface area contributed by atoms with Crippen LogP contribution in [0.2, 0.25) is 0 Å². The molecule has 0 aliphatic carbocycles. The van der Waals surface area contributed by atoms with E-state index >= 15 is 0 Å². The number of carboxylic acids is 1. The van der Waals surface area contributed by atoms with Crippen molar-refractivity contribution in [1.29, 1.82) is 0 Å². The molecule has 34 heavy (non-hydrogen) atoms. The first kappa shape index (κ1) is 22.5. The molecule has 0 saturated carbocycles. The molecule has 12 heteroatoms. The Morgan fingerprint density at radius 1 is 1.21 bits per heavy atom. The lowest BCUT2D eigenvalue weighted by Crippen LogP contribution is -2.38. The maximum Gasteiger partial charge on any atom is 0.341 e. The van der Waals surface area contributed by atoms with Crippen molar-refractivity contribution in [2.75, 3.05) is 32.4 Å². The second kappa shape index (κ2) is 9.40. The van der Waals surface area contributed by atoms with Crippen LogP contribution in [0.15, 0.2) is 42.1 Å². The van der Waals surface area contributed by atoms with Crippen molar-refractivity contribution in [1.82, 2.24) is 10.2 Å². The van der Waals surface area contributed by atoms with Crippen LogP contribution in [0, 0.1) is 0 Å². The summed E-state index contributed by atoms with van der Waals surface area (Å²) in [7, 11) is 1.38. The van der Waals surface area contributed by atoms with E-state index in [9.17, 15) is 19.2 Å². The quantitative estimate of drug-likeness (QED) is 0.385. The van der Waals surface area contributed by atoms with Gasteiger partial charge in [0.05, 0.1) is 7.11 Å². The molecular formula is C22H19N3O9. The van der Waals surface area contributed by atoms with Gasteiger partial charge in [0, 0.05) is 17.3 Å². The Hall–Kier alpha value is -4.74. The highest BCUT2D eigenvalue weighted by Crippen LogP contribution is 2.34. The van der Waals surface area contributed by atoms with E-state index in [1.54, 1.807) is 36.4 Å². The van der Waals surface area contributed by atoms with Crippen molar-refractivity contribution >= 4 is 35.6 Å². The van der Waals surface area contributed by atoms with Gasteiger partial charge in [-0.1, -0.05) is 12.1 Å². The van der Waals surface area contributed by atoms with Crippen molar-refractivity contribution in [3.8, 4) is 23.0 Å². The normalized spacial score (nSPS) is 15.3. The Bertz CT molecular complexity index is 1210. The van der Waals surface area contributed by atoms with Gasteiger partial charge in [0.15, 0.2) is 29.6 Å². The van der Waals surface area contributed by atoms with Crippen LogP contribution in [0.25, 0.3) is 6.08 Å². The smallest absolute Gasteiger partial charge is 0.341 e. The van der Waals surface area contributed by atoms with E-state index in [1.807, 2.05) is 0 Å². The summed E-state index contributed by atoms with van der Waals surface area (Å²) in [4.78, 5) is 49.2. The van der Waals surface area contributed by atoms with E-state index in [0.29, 0.717) is 22.7 Å². The first-order chi connectivity index (χ1) is 16.4. The number of rotatable bonds is 8. The van der Waals surface area contributed by atoms with Gasteiger partial charge in [-0.2, -0.15) is 0 Å². The van der Waals surface area contributed by atoms with Crippen molar-refractivity contribution in [3.05, 3.63) is 47.7 Å². The van der Waals surface area contributed by atoms with Crippen molar-refractivity contribution in [3.63, 3.8) is 0 Å². The van der Waals surface area contributed by atoms with Gasteiger partial charge < -0.3 is 34.7 Å². The standard InChI is InChI=1S/C22H19N3O9/c1-31-16-4-2-3-12(20(16)32-10-19(27)28)7-14-21(29)25(22(30)24-14)9-18(26)23-13-5-6-15-17(8-13)34-11-33-15/h2-8H,9-11H2,1H3,(H,23,26)(H,24,30)(H,27,28). The molecule has 0 radical (unpaired) electrons. The van der Waals surface area contributed by atoms with Crippen molar-refractivity contribution in [2.24, 2.45) is 0 Å². The fourth-order valence-corrected chi connectivity index (χ4v) is 3.28. The molecular weight excluding hydrogens is 450 g/mol. The number of imide groups is 1. The molecule has 2 aromatic rings. The lowest BCUT2D eigenvalue weighted by molar-refractivity contribution is -0.139. The van der Waals surface area contributed by atoms with Gasteiger partial charge in [-0.15, -0.1) is 0 Å². The molecule has 0 unspecified atom stereocenters. The Labute approximate surface area is 192 Å². The summed E-state index contributed by atoms with van der Waals surface area (Å²) in [6, 6.07) is 8.74. The zero-order valence-corrected chi connectivity index (χ0v) is 17.8. The number of urea groups is 1. The third kappa shape index (κ3) is 4.70. The minimum atomic E-state index is -1.20. The average Bonchev–Trinajstić information content (AvgIpc) is 3.37. The molecule has 4 amide bonds. The number of carbonyl (C=O) groups excluding carboxylic acids is 3. The number of anilines is 1. The number of fused-ring (bicyclic) bond motifs is 1. The first-order valence-corrected chi connectivity index (χ1v) is 9.91. The van der Waals surface area contributed by atoms with Gasteiger partial charge in [0.25, 0.3) is 5.91 Å². The van der Waals surface area contributed by atoms with E-state index in [0.717, 1.165) is 4.90 Å². The molecule has 2 aromatic carbocycles. The molecule has 176 valence electrons. The van der Waals surface area contributed by atoms with Crippen LogP contribution in [-0.4, -0.2) is 60.9 Å². The summed E-state index contributed by atoms with van der Waals surface area (Å²) in [5.74, 6) is -1.20. The fourth-order valence-electron chi connectivity index (χ4n) is 3.28. The number of nitrogens with zero attached hydrogens (tertiary/aromatic N) is 1. The van der Waals surface area contributed by atoms with E-state index < -0.39 is 37.0 Å². The zero-order chi connectivity index (χ0) is 24.2. The van der Waals surface area contributed by atoms with E-state index in [4.69, 9.17) is 24.1 Å². The van der Waals surface area contributed by atoms with Crippen LogP contribution < -0.4 is 29.6 Å². The largest absolute Gasteiger partial charge is 0.493 e. The first-order valence-electron chi connectivity index (χ1n) is 9.91. The predicted octanol–water partition coefficient (Wildman–Crippen LogP) is 1.42. The maximum absolute atomic E-state index is 12.8. The predicted molar refractivity (Wildman–Crippen MR) is 116 cm³/mol. The van der Waals surface area contributed by atoms with Gasteiger partial charge in [-0.25, -0.2) is 14.5 Å². The number of hydrogen-bond donors (Lipinski definition) is 3. The molecule has 3 N–H and O–H groups in total. The number of nitrogens with one attached hydrogen (secondary N) is 2. The van der Waals surface area contributed by atoms with Gasteiger partial charge in [0.2, 0.25) is 12.7 Å². The third-order valence-corrected chi connectivity index (χ3v) is 4.79. The number of ether oxygens (including phenoxy) is 4. The van der Waals surface area contributed by atoms with Crippen molar-refractivity contribution in [2.45, 2.75) is 0 Å². The molecule has 4 rings (SSSR count). The molecule has 0 bridgehead atoms. The minimum Gasteiger partial charge on any atom is -0.493 e. The maximum atomic E-state index is 12.8. The molecule has 1 saturated heterocycles. The number of carbonyl (C=O) groups is 4. The summed E-state index contributed by atoms with van der Waals surface area (Å²) >= 11 is 0. The van der Waals surface area contributed by atoms with Crippen molar-refractivity contribution < 1.29 is 43.2 Å². The van der Waals surface area contributed by atoms with Gasteiger partial charge in [0.1, 0.15) is 12.2 Å². The van der Waals surface area contributed by atoms with Crippen LogP contribution in [-0.2, 0) is 14.4 Å². The topological polar surface area (TPSA) is 153 Å². The summed E-state index contributed by atoms with van der Waals surface area (Å²) in [5.41, 5.74) is 0.596. The second-order valence-electron chi connectivity index (χ2n) is 7.06. The number of methoxy groups -OCH3 is 1. The zero-order valence-electron chi connectivity index (χ0n) is 17.8. The number of hydrogen-bond acceptors (Lipinski definition) is 8. The highest BCUT2D eigenvalue weighted by molar-refractivity contribution is 6.16. The van der Waals surface area contributed by atoms with E-state index in [2.05, 4.69) is 10.6 Å². The van der Waals surface area contributed by atoms with Crippen LogP contribution in [0.5, 0.6) is 23.0 Å². The lowest BCUT2D eigenvalue weighted by Gasteiger charge is -2.13. The van der Waals surface area contributed by atoms with Gasteiger partial charge in [-0.05, 0) is 24.3 Å². The summed E-state index contributed by atoms with van der Waals surface area (Å²) in [6.45, 7) is -1.08. The van der Waals surface area contributed by atoms with Crippen LogP contribution in [0.1, 0.15) is 5.56 Å². The minimum absolute atomic E-state index is 0.0840. The lowest BCUT2D eigenvalue weighted by atomic mass is 10.1. The highest BCUT2D eigenvalue weighted by atomic mass is 16.7. The Kier molecular flexibility index (Phi) is 6.21. The van der Waals surface area contributed by atoms with Crippen LogP contribution in [0.4, 0.5) is 10.5 Å². The number of aliphatic carboxylic acids is 1. The third-order valence-electron chi connectivity index (χ3n) is 4.79. The molecule has 2 aliphatic rings. The SMILES string of the molecule is COc1cccc(C=C2NC(=O)N(CC(=O)Nc3ccc4c(c3)OCO4)C2=O)c1OCC(=O)O. The summed E-state index contributed by atoms with van der Waals surface area (Å²) in [5, 5.41) is 13.9. The summed E-state index contributed by atoms with van der Waals surface area (Å²) in [6.07, 6.45) is 1.32. The van der Waals surface area contributed by atoms with Crippen LogP contribution in [0.3, 0.4) is 0 Å². The Balaban J connectivity index is 1.48. The Morgan fingerprint density at radius 2 is 2.00 bits per heavy atom. The molecule has 2 heterocycles. The molecule has 1 fully saturated rings. The number of benzene rings is 2. The number of para-hydroxylation sites is 1. The molecule has 0 spiro atoms. The van der Waals surface area contributed by atoms with E-state index in [1.165, 1.54) is 13.2 Å².